The highest BCUT2D eigenvalue weighted by molar-refractivity contribution is 7.97. The third-order valence-corrected chi connectivity index (χ3v) is 9.95. The molecule has 2 aromatic carbocycles. The van der Waals surface area contributed by atoms with E-state index in [1.165, 1.54) is 16.5 Å². The summed E-state index contributed by atoms with van der Waals surface area (Å²) in [5.74, 6) is 2.11. The van der Waals surface area contributed by atoms with Crippen molar-refractivity contribution in [3.8, 4) is 0 Å². The SMILES string of the molecule is C[Si](C)(C)C[S+](Cc1ccccc1)Cc1ccc([N+](=O)[O-])cc1. The van der Waals surface area contributed by atoms with Crippen LogP contribution in [0.15, 0.2) is 54.6 Å². The predicted molar refractivity (Wildman–Crippen MR) is 103 cm³/mol. The highest BCUT2D eigenvalue weighted by Gasteiger charge is 2.28. The van der Waals surface area contributed by atoms with Crippen molar-refractivity contribution in [3.63, 3.8) is 0 Å². The Morgan fingerprint density at radius 2 is 1.43 bits per heavy atom. The van der Waals surface area contributed by atoms with E-state index >= 15 is 0 Å². The van der Waals surface area contributed by atoms with Gasteiger partial charge in [0.25, 0.3) is 5.69 Å². The number of nitro benzene ring substituents is 1. The van der Waals surface area contributed by atoms with E-state index in [0.29, 0.717) is 0 Å². The zero-order chi connectivity index (χ0) is 16.9. The maximum Gasteiger partial charge on any atom is 0.269 e. The van der Waals surface area contributed by atoms with Gasteiger partial charge >= 0.3 is 0 Å². The topological polar surface area (TPSA) is 43.1 Å². The molecule has 5 heteroatoms. The summed E-state index contributed by atoms with van der Waals surface area (Å²) < 4.78 is 0. The lowest BCUT2D eigenvalue weighted by Gasteiger charge is -2.17. The molecule has 0 aliphatic carbocycles. The van der Waals surface area contributed by atoms with Crippen LogP contribution in [0.2, 0.25) is 19.6 Å². The molecule has 1 atom stereocenters. The molecule has 0 radical (unpaired) electrons. The van der Waals surface area contributed by atoms with Crippen molar-refractivity contribution in [1.29, 1.82) is 0 Å². The number of nitro groups is 1. The summed E-state index contributed by atoms with van der Waals surface area (Å²) in [7, 11) is -0.874. The summed E-state index contributed by atoms with van der Waals surface area (Å²) in [5.41, 5.74) is 2.76. The lowest BCUT2D eigenvalue weighted by Crippen LogP contribution is -2.33. The van der Waals surface area contributed by atoms with E-state index < -0.39 is 8.07 Å². The Labute approximate surface area is 142 Å². The van der Waals surface area contributed by atoms with Gasteiger partial charge in [-0.1, -0.05) is 50.0 Å². The Hall–Kier alpha value is -1.59. The molecule has 1 unspecified atom stereocenters. The molecule has 0 aliphatic rings. The van der Waals surface area contributed by atoms with Crippen molar-refractivity contribution < 1.29 is 4.92 Å². The molecule has 122 valence electrons. The molecule has 0 bridgehead atoms. The maximum atomic E-state index is 10.8. The van der Waals surface area contributed by atoms with Crippen molar-refractivity contribution in [3.05, 3.63) is 75.8 Å². The number of rotatable bonds is 7. The van der Waals surface area contributed by atoms with Gasteiger partial charge in [0, 0.05) is 23.3 Å². The number of hydrogen-bond acceptors (Lipinski definition) is 2. The summed E-state index contributed by atoms with van der Waals surface area (Å²) in [6.07, 6.45) is 0. The van der Waals surface area contributed by atoms with Crippen molar-refractivity contribution in [2.45, 2.75) is 31.1 Å². The molecular formula is C18H24NO2SSi+. The minimum atomic E-state index is -1.15. The number of benzene rings is 2. The molecule has 0 amide bonds. The van der Waals surface area contributed by atoms with Crippen LogP contribution in [-0.4, -0.2) is 18.4 Å². The minimum Gasteiger partial charge on any atom is -0.258 e. The number of nitrogens with zero attached hydrogens (tertiary/aromatic N) is 1. The second-order valence-electron chi connectivity index (χ2n) is 7.02. The van der Waals surface area contributed by atoms with Gasteiger partial charge in [0.2, 0.25) is 0 Å². The van der Waals surface area contributed by atoms with E-state index in [2.05, 4.69) is 50.0 Å². The van der Waals surface area contributed by atoms with E-state index in [4.69, 9.17) is 0 Å². The van der Waals surface area contributed by atoms with Gasteiger partial charge in [0.15, 0.2) is 0 Å². The maximum absolute atomic E-state index is 10.8. The number of hydrogen-bond donors (Lipinski definition) is 0. The summed E-state index contributed by atoms with van der Waals surface area (Å²) in [4.78, 5) is 10.4. The lowest BCUT2D eigenvalue weighted by atomic mass is 10.2. The monoisotopic (exact) mass is 346 g/mol. The molecule has 3 nitrogen and oxygen atoms in total. The van der Waals surface area contributed by atoms with Gasteiger partial charge in [-0.05, 0) is 23.0 Å². The Kier molecular flexibility index (Phi) is 6.02. The van der Waals surface area contributed by atoms with Crippen LogP contribution < -0.4 is 0 Å². The summed E-state index contributed by atoms with van der Waals surface area (Å²) >= 11 is 0. The van der Waals surface area contributed by atoms with Gasteiger partial charge in [-0.3, -0.25) is 10.1 Å². The minimum absolute atomic E-state index is 0.168. The molecule has 0 spiro atoms. The third-order valence-electron chi connectivity index (χ3n) is 3.37. The van der Waals surface area contributed by atoms with E-state index in [0.717, 1.165) is 11.5 Å². The Morgan fingerprint density at radius 3 is 1.91 bits per heavy atom. The van der Waals surface area contributed by atoms with Crippen molar-refractivity contribution in [1.82, 2.24) is 0 Å². The van der Waals surface area contributed by atoms with Crippen LogP contribution in [0.25, 0.3) is 0 Å². The van der Waals surface area contributed by atoms with Crippen molar-refractivity contribution in [2.24, 2.45) is 0 Å². The molecule has 23 heavy (non-hydrogen) atoms. The summed E-state index contributed by atoms with van der Waals surface area (Å²) in [6.45, 7) is 7.23. The van der Waals surface area contributed by atoms with Crippen LogP contribution >= 0.6 is 0 Å². The van der Waals surface area contributed by atoms with Crippen LogP contribution in [0, 0.1) is 10.1 Å². The fourth-order valence-corrected chi connectivity index (χ4v) is 9.67. The average molecular weight is 347 g/mol. The average Bonchev–Trinajstić information content (AvgIpc) is 2.47. The normalized spacial score (nSPS) is 12.8. The Bertz CT molecular complexity index is 638. The summed E-state index contributed by atoms with van der Waals surface area (Å²) in [5, 5.41) is 12.1. The van der Waals surface area contributed by atoms with E-state index in [9.17, 15) is 10.1 Å². The van der Waals surface area contributed by atoms with Gasteiger partial charge in [0.05, 0.1) is 10.3 Å². The second-order valence-corrected chi connectivity index (χ2v) is 15.1. The highest BCUT2D eigenvalue weighted by atomic mass is 32.2. The van der Waals surface area contributed by atoms with Crippen molar-refractivity contribution in [2.75, 3.05) is 5.38 Å². The van der Waals surface area contributed by atoms with Gasteiger partial charge in [-0.25, -0.2) is 0 Å². The lowest BCUT2D eigenvalue weighted by molar-refractivity contribution is -0.384. The first kappa shape index (κ1) is 17.8. The molecule has 0 aliphatic heterocycles. The first-order valence-corrected chi connectivity index (χ1v) is 13.2. The van der Waals surface area contributed by atoms with E-state index in [1.807, 2.05) is 12.1 Å². The quantitative estimate of drug-likeness (QED) is 0.313. The van der Waals surface area contributed by atoms with Crippen LogP contribution in [0.4, 0.5) is 5.69 Å². The molecule has 0 fully saturated rings. The molecule has 0 N–H and O–H groups in total. The van der Waals surface area contributed by atoms with Gasteiger partial charge in [-0.2, -0.15) is 0 Å². The largest absolute Gasteiger partial charge is 0.269 e. The molecule has 2 aromatic rings. The first-order valence-electron chi connectivity index (χ1n) is 7.75. The number of non-ortho nitro benzene ring substituents is 1. The van der Waals surface area contributed by atoms with Gasteiger partial charge in [-0.15, -0.1) is 0 Å². The second kappa shape index (κ2) is 7.79. The zero-order valence-electron chi connectivity index (χ0n) is 14.0. The molecule has 0 aromatic heterocycles. The van der Waals surface area contributed by atoms with E-state index in [-0.39, 0.29) is 21.5 Å². The van der Waals surface area contributed by atoms with Crippen LogP contribution in [0.3, 0.4) is 0 Å². The Balaban J connectivity index is 2.11. The summed E-state index contributed by atoms with van der Waals surface area (Å²) in [6, 6.07) is 17.7. The molecule has 0 saturated heterocycles. The molecular weight excluding hydrogens is 322 g/mol. The Morgan fingerprint density at radius 1 is 0.913 bits per heavy atom. The van der Waals surface area contributed by atoms with Crippen LogP contribution in [0.5, 0.6) is 0 Å². The smallest absolute Gasteiger partial charge is 0.258 e. The first-order chi connectivity index (χ1) is 10.8. The van der Waals surface area contributed by atoms with Crippen molar-refractivity contribution >= 4 is 24.7 Å². The molecule has 0 saturated carbocycles. The van der Waals surface area contributed by atoms with Gasteiger partial charge in [0.1, 0.15) is 19.6 Å². The third kappa shape index (κ3) is 6.20. The van der Waals surface area contributed by atoms with Gasteiger partial charge < -0.3 is 0 Å². The van der Waals surface area contributed by atoms with E-state index in [1.54, 1.807) is 12.1 Å². The van der Waals surface area contributed by atoms with Crippen LogP contribution in [-0.2, 0) is 22.4 Å². The van der Waals surface area contributed by atoms with Crippen LogP contribution in [0.1, 0.15) is 11.1 Å². The zero-order valence-corrected chi connectivity index (χ0v) is 15.8. The fraction of sp³-hybridized carbons (Fsp3) is 0.333. The molecule has 0 heterocycles. The fourth-order valence-electron chi connectivity index (χ4n) is 2.52. The predicted octanol–water partition coefficient (Wildman–Crippen LogP) is 4.79. The standard InChI is InChI=1S/C18H24NO2SSi/c1-23(2,3)15-22(13-16-7-5-4-6-8-16)14-17-9-11-18(12-10-17)19(20)21/h4-12H,13-15H2,1-3H3/q+1. The molecule has 2 rings (SSSR count). The highest BCUT2D eigenvalue weighted by Crippen LogP contribution is 2.21.